The molecule has 0 N–H and O–H groups in total. The molecule has 0 fully saturated rings. The molecule has 0 bridgehead atoms. The van der Waals surface area contributed by atoms with Gasteiger partial charge in [0, 0.05) is 25.2 Å². The number of unbranched alkanes of at least 4 members (excludes halogenated alkanes) is 3. The van der Waals surface area contributed by atoms with Crippen molar-refractivity contribution in [3.05, 3.63) is 30.3 Å². The summed E-state index contributed by atoms with van der Waals surface area (Å²) < 4.78 is 0. The quantitative estimate of drug-likeness (QED) is 0.631. The van der Waals surface area contributed by atoms with Gasteiger partial charge >= 0.3 is 0 Å². The maximum Gasteiger partial charge on any atom is 0.0621 e. The summed E-state index contributed by atoms with van der Waals surface area (Å²) in [4.78, 5) is 2.43. The molecular weight excluding hydrogens is 208 g/mol. The molecule has 1 aromatic carbocycles. The number of para-hydroxylation sites is 1. The van der Waals surface area contributed by atoms with Crippen LogP contribution >= 0.6 is 0 Å². The fourth-order valence-corrected chi connectivity index (χ4v) is 1.86. The van der Waals surface area contributed by atoms with Crippen LogP contribution in [0.25, 0.3) is 0 Å². The molecule has 0 saturated carbocycles. The molecule has 0 aliphatic carbocycles. The largest absolute Gasteiger partial charge is 0.372 e. The van der Waals surface area contributed by atoms with E-state index in [0.29, 0.717) is 6.42 Å². The van der Waals surface area contributed by atoms with E-state index in [2.05, 4.69) is 48.2 Å². The molecule has 17 heavy (non-hydrogen) atoms. The Labute approximate surface area is 105 Å². The van der Waals surface area contributed by atoms with Crippen molar-refractivity contribution in [1.82, 2.24) is 0 Å². The molecule has 0 radical (unpaired) electrons. The van der Waals surface area contributed by atoms with Gasteiger partial charge in [0.25, 0.3) is 0 Å². The SMILES string of the molecule is CCCCN(CCCCC#N)c1ccccc1. The van der Waals surface area contributed by atoms with Gasteiger partial charge < -0.3 is 4.90 Å². The summed E-state index contributed by atoms with van der Waals surface area (Å²) in [6.45, 7) is 4.40. The Morgan fingerprint density at radius 1 is 1.06 bits per heavy atom. The molecule has 2 heteroatoms. The lowest BCUT2D eigenvalue weighted by molar-refractivity contribution is 0.666. The molecule has 0 aromatic heterocycles. The predicted molar refractivity (Wildman–Crippen MR) is 73.0 cm³/mol. The van der Waals surface area contributed by atoms with E-state index in [-0.39, 0.29) is 0 Å². The lowest BCUT2D eigenvalue weighted by Gasteiger charge is -2.24. The van der Waals surface area contributed by atoms with E-state index in [1.165, 1.54) is 18.5 Å². The number of nitriles is 1. The average Bonchev–Trinajstić information content (AvgIpc) is 2.39. The maximum atomic E-state index is 8.53. The van der Waals surface area contributed by atoms with Gasteiger partial charge in [-0.1, -0.05) is 31.5 Å². The second kappa shape index (κ2) is 8.64. The minimum absolute atomic E-state index is 0.677. The Kier molecular flexibility index (Phi) is 6.90. The third-order valence-corrected chi connectivity index (χ3v) is 2.87. The summed E-state index contributed by atoms with van der Waals surface area (Å²) in [5, 5.41) is 8.53. The highest BCUT2D eigenvalue weighted by molar-refractivity contribution is 5.45. The first-order valence-corrected chi connectivity index (χ1v) is 6.55. The zero-order valence-corrected chi connectivity index (χ0v) is 10.7. The van der Waals surface area contributed by atoms with Crippen LogP contribution in [0.4, 0.5) is 5.69 Å². The molecule has 0 saturated heterocycles. The van der Waals surface area contributed by atoms with Crippen molar-refractivity contribution >= 4 is 5.69 Å². The van der Waals surface area contributed by atoms with E-state index in [1.807, 2.05) is 0 Å². The van der Waals surface area contributed by atoms with Crippen molar-refractivity contribution in [2.45, 2.75) is 39.0 Å². The fourth-order valence-electron chi connectivity index (χ4n) is 1.86. The topological polar surface area (TPSA) is 27.0 Å². The van der Waals surface area contributed by atoms with Crippen molar-refractivity contribution in [2.24, 2.45) is 0 Å². The molecule has 0 spiro atoms. The highest BCUT2D eigenvalue weighted by Crippen LogP contribution is 2.15. The minimum Gasteiger partial charge on any atom is -0.372 e. The highest BCUT2D eigenvalue weighted by Gasteiger charge is 2.04. The monoisotopic (exact) mass is 230 g/mol. The number of benzene rings is 1. The summed E-state index contributed by atoms with van der Waals surface area (Å²) in [7, 11) is 0. The molecule has 2 nitrogen and oxygen atoms in total. The lowest BCUT2D eigenvalue weighted by atomic mass is 10.2. The van der Waals surface area contributed by atoms with Gasteiger partial charge in [0.05, 0.1) is 6.07 Å². The molecule has 0 unspecified atom stereocenters. The van der Waals surface area contributed by atoms with Crippen LogP contribution in [0.3, 0.4) is 0 Å². The van der Waals surface area contributed by atoms with Crippen LogP contribution in [0.15, 0.2) is 30.3 Å². The molecule has 1 aromatic rings. The van der Waals surface area contributed by atoms with Gasteiger partial charge in [0.15, 0.2) is 0 Å². The van der Waals surface area contributed by atoms with Gasteiger partial charge in [-0.15, -0.1) is 0 Å². The van der Waals surface area contributed by atoms with E-state index in [1.54, 1.807) is 0 Å². The zero-order valence-electron chi connectivity index (χ0n) is 10.7. The highest BCUT2D eigenvalue weighted by atomic mass is 15.1. The smallest absolute Gasteiger partial charge is 0.0621 e. The molecule has 92 valence electrons. The van der Waals surface area contributed by atoms with Crippen molar-refractivity contribution in [3.8, 4) is 6.07 Å². The first-order chi connectivity index (χ1) is 8.38. The lowest BCUT2D eigenvalue weighted by Crippen LogP contribution is -2.25. The fraction of sp³-hybridized carbons (Fsp3) is 0.533. The summed E-state index contributed by atoms with van der Waals surface area (Å²) >= 11 is 0. The van der Waals surface area contributed by atoms with Gasteiger partial charge in [0.2, 0.25) is 0 Å². The van der Waals surface area contributed by atoms with Gasteiger partial charge in [-0.2, -0.15) is 5.26 Å². The van der Waals surface area contributed by atoms with Crippen LogP contribution in [-0.4, -0.2) is 13.1 Å². The van der Waals surface area contributed by atoms with Gasteiger partial charge in [-0.25, -0.2) is 0 Å². The molecule has 0 aliphatic rings. The molecular formula is C15H22N2. The summed E-state index contributed by atoms with van der Waals surface area (Å²) in [6.07, 6.45) is 5.24. The normalized spacial score (nSPS) is 9.88. The van der Waals surface area contributed by atoms with Crippen LogP contribution < -0.4 is 4.90 Å². The first-order valence-electron chi connectivity index (χ1n) is 6.55. The van der Waals surface area contributed by atoms with Crippen LogP contribution in [0.5, 0.6) is 0 Å². The predicted octanol–water partition coefficient (Wildman–Crippen LogP) is 3.99. The van der Waals surface area contributed by atoms with E-state index in [4.69, 9.17) is 5.26 Å². The Bertz CT molecular complexity index is 327. The van der Waals surface area contributed by atoms with Crippen molar-refractivity contribution in [3.63, 3.8) is 0 Å². The Hall–Kier alpha value is -1.49. The standard InChI is InChI=1S/C15H22N2/c1-2-3-13-17(14-9-5-8-12-16)15-10-6-4-7-11-15/h4,6-7,10-11H,2-3,5,8-9,13-14H2,1H3. The number of nitrogens with zero attached hydrogens (tertiary/aromatic N) is 2. The zero-order chi connectivity index (χ0) is 12.3. The number of hydrogen-bond donors (Lipinski definition) is 0. The maximum absolute atomic E-state index is 8.53. The molecule has 0 heterocycles. The number of anilines is 1. The van der Waals surface area contributed by atoms with Gasteiger partial charge in [-0.3, -0.25) is 0 Å². The van der Waals surface area contributed by atoms with Gasteiger partial charge in [-0.05, 0) is 31.4 Å². The van der Waals surface area contributed by atoms with Crippen LogP contribution in [0, 0.1) is 11.3 Å². The Balaban J connectivity index is 2.46. The Morgan fingerprint density at radius 3 is 2.41 bits per heavy atom. The summed E-state index contributed by atoms with van der Waals surface area (Å²) in [6, 6.07) is 12.8. The Morgan fingerprint density at radius 2 is 1.76 bits per heavy atom. The first kappa shape index (κ1) is 13.6. The van der Waals surface area contributed by atoms with E-state index < -0.39 is 0 Å². The third kappa shape index (κ3) is 5.40. The molecule has 0 atom stereocenters. The van der Waals surface area contributed by atoms with Crippen LogP contribution in [0.2, 0.25) is 0 Å². The third-order valence-electron chi connectivity index (χ3n) is 2.87. The second-order valence-corrected chi connectivity index (χ2v) is 4.29. The average molecular weight is 230 g/mol. The van der Waals surface area contributed by atoms with E-state index in [9.17, 15) is 0 Å². The minimum atomic E-state index is 0.677. The molecule has 0 aliphatic heterocycles. The number of hydrogen-bond acceptors (Lipinski definition) is 2. The molecule has 1 rings (SSSR count). The summed E-state index contributed by atoms with van der Waals surface area (Å²) in [5.41, 5.74) is 1.30. The van der Waals surface area contributed by atoms with E-state index >= 15 is 0 Å². The number of rotatable bonds is 8. The van der Waals surface area contributed by atoms with E-state index in [0.717, 1.165) is 25.9 Å². The van der Waals surface area contributed by atoms with Crippen molar-refractivity contribution in [1.29, 1.82) is 5.26 Å². The summed E-state index contributed by atoms with van der Waals surface area (Å²) in [5.74, 6) is 0. The van der Waals surface area contributed by atoms with Crippen LogP contribution in [-0.2, 0) is 0 Å². The molecule has 0 amide bonds. The van der Waals surface area contributed by atoms with Crippen molar-refractivity contribution < 1.29 is 0 Å². The second-order valence-electron chi connectivity index (χ2n) is 4.29. The van der Waals surface area contributed by atoms with Gasteiger partial charge in [0.1, 0.15) is 0 Å². The van der Waals surface area contributed by atoms with Crippen molar-refractivity contribution in [2.75, 3.05) is 18.0 Å². The van der Waals surface area contributed by atoms with Crippen LogP contribution in [0.1, 0.15) is 39.0 Å².